The first kappa shape index (κ1) is 14.8. The Morgan fingerprint density at radius 1 is 1.35 bits per heavy atom. The van der Waals surface area contributed by atoms with Gasteiger partial charge in [-0.2, -0.15) is 5.26 Å². The van der Waals surface area contributed by atoms with Crippen molar-refractivity contribution < 1.29 is 4.79 Å². The van der Waals surface area contributed by atoms with E-state index in [1.807, 2.05) is 13.8 Å². The van der Waals surface area contributed by atoms with E-state index in [4.69, 9.17) is 16.9 Å². The number of amides is 1. The molecule has 2 rings (SSSR count). The van der Waals surface area contributed by atoms with Gasteiger partial charge in [-0.05, 0) is 26.0 Å². The van der Waals surface area contributed by atoms with E-state index in [2.05, 4.69) is 16.0 Å². The third-order valence-electron chi connectivity index (χ3n) is 3.57. The Morgan fingerprint density at radius 3 is 2.55 bits per heavy atom. The second-order valence-electron chi connectivity index (χ2n) is 5.30. The molecule has 0 radical (unpaired) electrons. The van der Waals surface area contributed by atoms with Gasteiger partial charge in [-0.1, -0.05) is 17.7 Å². The maximum absolute atomic E-state index is 12.3. The number of carbonyl (C=O) groups excluding carboxylic acids is 1. The third kappa shape index (κ3) is 3.09. The first-order valence-electron chi connectivity index (χ1n) is 6.52. The lowest BCUT2D eigenvalue weighted by molar-refractivity contribution is 0.0516. The number of hydrogen-bond acceptors (Lipinski definition) is 4. The molecule has 5 nitrogen and oxygen atoms in total. The molecule has 6 heteroatoms. The van der Waals surface area contributed by atoms with Gasteiger partial charge in [0, 0.05) is 26.2 Å². The van der Waals surface area contributed by atoms with Gasteiger partial charge < -0.3 is 4.90 Å². The summed E-state index contributed by atoms with van der Waals surface area (Å²) < 4.78 is 0. The normalized spacial score (nSPS) is 16.8. The molecule has 0 atom stereocenters. The lowest BCUT2D eigenvalue weighted by atomic mass is 10.0. The number of rotatable bonds is 2. The van der Waals surface area contributed by atoms with Crippen molar-refractivity contribution in [3.8, 4) is 6.07 Å². The molecule has 0 unspecified atom stereocenters. The average Bonchev–Trinajstić information content (AvgIpc) is 2.46. The number of halogens is 1. The minimum absolute atomic E-state index is 0.109. The van der Waals surface area contributed by atoms with Crippen LogP contribution in [0.4, 0.5) is 0 Å². The summed E-state index contributed by atoms with van der Waals surface area (Å²) in [6.07, 6.45) is 0. The van der Waals surface area contributed by atoms with Crippen molar-refractivity contribution in [2.24, 2.45) is 0 Å². The number of pyridine rings is 1. The summed E-state index contributed by atoms with van der Waals surface area (Å²) in [5, 5.41) is 9.45. The smallest absolute Gasteiger partial charge is 0.272 e. The van der Waals surface area contributed by atoms with E-state index in [1.54, 1.807) is 23.1 Å². The molecule has 0 bridgehead atoms. The summed E-state index contributed by atoms with van der Waals surface area (Å²) in [7, 11) is 0. The molecule has 1 fully saturated rings. The van der Waals surface area contributed by atoms with Crippen molar-refractivity contribution in [2.45, 2.75) is 19.4 Å². The maximum atomic E-state index is 12.3. The Balaban J connectivity index is 2.01. The largest absolute Gasteiger partial charge is 0.335 e. The molecule has 1 saturated heterocycles. The molecule has 106 valence electrons. The summed E-state index contributed by atoms with van der Waals surface area (Å²) in [6, 6.07) is 7.32. The molecule has 0 aliphatic carbocycles. The summed E-state index contributed by atoms with van der Waals surface area (Å²) >= 11 is 5.80. The summed E-state index contributed by atoms with van der Waals surface area (Å²) in [6.45, 7) is 6.35. The highest BCUT2D eigenvalue weighted by molar-refractivity contribution is 6.29. The van der Waals surface area contributed by atoms with Crippen LogP contribution in [0.1, 0.15) is 24.3 Å². The average molecular weight is 293 g/mol. The highest BCUT2D eigenvalue weighted by Crippen LogP contribution is 2.17. The quantitative estimate of drug-likeness (QED) is 0.780. The minimum atomic E-state index is -0.497. The number of piperazine rings is 1. The molecule has 1 amide bonds. The molecule has 1 aliphatic rings. The molecular weight excluding hydrogens is 276 g/mol. The number of nitriles is 1. The van der Waals surface area contributed by atoms with Crippen molar-refractivity contribution in [3.05, 3.63) is 29.0 Å². The number of aromatic nitrogens is 1. The molecule has 20 heavy (non-hydrogen) atoms. The summed E-state index contributed by atoms with van der Waals surface area (Å²) in [5.41, 5.74) is -0.130. The van der Waals surface area contributed by atoms with Crippen molar-refractivity contribution in [2.75, 3.05) is 26.2 Å². The van der Waals surface area contributed by atoms with Gasteiger partial charge >= 0.3 is 0 Å². The number of hydrogen-bond donors (Lipinski definition) is 0. The fourth-order valence-electron chi connectivity index (χ4n) is 2.23. The Morgan fingerprint density at radius 2 is 2.00 bits per heavy atom. The standard InChI is InChI=1S/C14H17ClN4O/c1-14(2,10-16)19-8-6-18(7-9-19)13(20)11-4-3-5-12(15)17-11/h3-5H,6-9H2,1-2H3. The molecule has 2 heterocycles. The maximum Gasteiger partial charge on any atom is 0.272 e. The van der Waals surface area contributed by atoms with Gasteiger partial charge in [-0.15, -0.1) is 0 Å². The van der Waals surface area contributed by atoms with E-state index in [0.717, 1.165) is 0 Å². The Labute approximate surface area is 123 Å². The molecule has 0 aromatic carbocycles. The van der Waals surface area contributed by atoms with E-state index < -0.39 is 5.54 Å². The van der Waals surface area contributed by atoms with Gasteiger partial charge in [-0.3, -0.25) is 9.69 Å². The number of carbonyl (C=O) groups is 1. The molecule has 1 aliphatic heterocycles. The third-order valence-corrected chi connectivity index (χ3v) is 3.78. The summed E-state index contributed by atoms with van der Waals surface area (Å²) in [4.78, 5) is 20.2. The Hall–Kier alpha value is -1.64. The van der Waals surface area contributed by atoms with Crippen LogP contribution in [-0.4, -0.2) is 52.4 Å². The first-order chi connectivity index (χ1) is 9.44. The molecule has 1 aromatic rings. The number of nitrogens with zero attached hydrogens (tertiary/aromatic N) is 4. The van der Waals surface area contributed by atoms with Gasteiger partial charge in [-0.25, -0.2) is 4.98 Å². The van der Waals surface area contributed by atoms with Crippen LogP contribution in [0.5, 0.6) is 0 Å². The van der Waals surface area contributed by atoms with Gasteiger partial charge in [0.25, 0.3) is 5.91 Å². The topological polar surface area (TPSA) is 60.2 Å². The van der Waals surface area contributed by atoms with Gasteiger partial charge in [0.2, 0.25) is 0 Å². The van der Waals surface area contributed by atoms with Crippen molar-refractivity contribution in [3.63, 3.8) is 0 Å². The fraction of sp³-hybridized carbons (Fsp3) is 0.500. The van der Waals surface area contributed by atoms with Gasteiger partial charge in [0.1, 0.15) is 16.4 Å². The minimum Gasteiger partial charge on any atom is -0.335 e. The predicted molar refractivity (Wildman–Crippen MR) is 76.4 cm³/mol. The van der Waals surface area contributed by atoms with E-state index >= 15 is 0 Å². The van der Waals surface area contributed by atoms with Crippen LogP contribution in [0.15, 0.2) is 18.2 Å². The highest BCUT2D eigenvalue weighted by Gasteiger charge is 2.31. The highest BCUT2D eigenvalue weighted by atomic mass is 35.5. The Bertz CT molecular complexity index is 544. The van der Waals surface area contributed by atoms with Crippen LogP contribution in [0.25, 0.3) is 0 Å². The first-order valence-corrected chi connectivity index (χ1v) is 6.90. The van der Waals surface area contributed by atoms with Gasteiger partial charge in [0.05, 0.1) is 6.07 Å². The van der Waals surface area contributed by atoms with Crippen LogP contribution in [-0.2, 0) is 0 Å². The van der Waals surface area contributed by atoms with Crippen molar-refractivity contribution >= 4 is 17.5 Å². The fourth-order valence-corrected chi connectivity index (χ4v) is 2.39. The molecule has 0 spiro atoms. The van der Waals surface area contributed by atoms with Crippen molar-refractivity contribution in [1.82, 2.24) is 14.8 Å². The second-order valence-corrected chi connectivity index (χ2v) is 5.68. The zero-order chi connectivity index (χ0) is 14.8. The van der Waals surface area contributed by atoms with E-state index in [1.165, 1.54) is 0 Å². The van der Waals surface area contributed by atoms with Crippen LogP contribution < -0.4 is 0 Å². The molecule has 0 saturated carbocycles. The molecular formula is C14H17ClN4O. The van der Waals surface area contributed by atoms with Gasteiger partial charge in [0.15, 0.2) is 0 Å². The van der Waals surface area contributed by atoms with E-state index in [0.29, 0.717) is 37.0 Å². The lowest BCUT2D eigenvalue weighted by Gasteiger charge is -2.40. The van der Waals surface area contributed by atoms with Crippen LogP contribution in [0.2, 0.25) is 5.15 Å². The Kier molecular flexibility index (Phi) is 4.26. The van der Waals surface area contributed by atoms with E-state index in [9.17, 15) is 4.79 Å². The van der Waals surface area contributed by atoms with Crippen molar-refractivity contribution in [1.29, 1.82) is 5.26 Å². The van der Waals surface area contributed by atoms with Crippen LogP contribution in [0, 0.1) is 11.3 Å². The zero-order valence-electron chi connectivity index (χ0n) is 11.6. The zero-order valence-corrected chi connectivity index (χ0v) is 12.4. The molecule has 0 N–H and O–H groups in total. The SMILES string of the molecule is CC(C)(C#N)N1CCN(C(=O)c2cccc(Cl)n2)CC1. The molecule has 1 aromatic heterocycles. The predicted octanol–water partition coefficient (Wildman–Crippen LogP) is 1.79. The van der Waals surface area contributed by atoms with Crippen LogP contribution in [0.3, 0.4) is 0 Å². The van der Waals surface area contributed by atoms with Crippen LogP contribution >= 0.6 is 11.6 Å². The van der Waals surface area contributed by atoms with E-state index in [-0.39, 0.29) is 5.91 Å². The summed E-state index contributed by atoms with van der Waals surface area (Å²) in [5.74, 6) is -0.109. The second kappa shape index (κ2) is 5.78. The monoisotopic (exact) mass is 292 g/mol. The lowest BCUT2D eigenvalue weighted by Crippen LogP contribution is -2.55.